The predicted molar refractivity (Wildman–Crippen MR) is 40.6 cm³/mol. The van der Waals surface area contributed by atoms with Crippen LogP contribution in [-0.4, -0.2) is 5.11 Å². The number of halogens is 2. The van der Waals surface area contributed by atoms with Gasteiger partial charge in [0.15, 0.2) is 11.6 Å². The van der Waals surface area contributed by atoms with Crippen molar-refractivity contribution in [3.8, 4) is 18.1 Å². The number of phenolic OH excluding ortho intramolecular Hbond substituents is 1. The Morgan fingerprint density at radius 1 is 1.42 bits per heavy atom. The van der Waals surface area contributed by atoms with Gasteiger partial charge in [-0.2, -0.15) is 0 Å². The maximum absolute atomic E-state index is 12.6. The van der Waals surface area contributed by atoms with E-state index in [1.165, 1.54) is 0 Å². The van der Waals surface area contributed by atoms with Crippen LogP contribution < -0.4 is 0 Å². The molecule has 0 aliphatic carbocycles. The third-order valence-corrected chi connectivity index (χ3v) is 1.40. The normalized spacial score (nSPS) is 9.42. The number of benzene rings is 1. The standard InChI is InChI=1S/C9H6F2O/c1-2-3-6-4-7(10)5-8(11)9(6)12/h1,4-5,12H,3H2. The Morgan fingerprint density at radius 2 is 2.08 bits per heavy atom. The van der Waals surface area contributed by atoms with Gasteiger partial charge in [0, 0.05) is 18.1 Å². The number of terminal acetylenes is 1. The molecule has 0 saturated carbocycles. The van der Waals surface area contributed by atoms with Crippen LogP contribution in [0.3, 0.4) is 0 Å². The molecule has 0 aromatic heterocycles. The Kier molecular flexibility index (Phi) is 2.29. The van der Waals surface area contributed by atoms with Crippen LogP contribution in [0, 0.1) is 24.0 Å². The van der Waals surface area contributed by atoms with Gasteiger partial charge in [-0.25, -0.2) is 8.78 Å². The van der Waals surface area contributed by atoms with Gasteiger partial charge in [0.2, 0.25) is 0 Å². The summed E-state index contributed by atoms with van der Waals surface area (Å²) in [6.07, 6.45) is 4.94. The molecule has 0 radical (unpaired) electrons. The molecule has 0 atom stereocenters. The van der Waals surface area contributed by atoms with Crippen LogP contribution in [0.25, 0.3) is 0 Å². The van der Waals surface area contributed by atoms with E-state index in [-0.39, 0.29) is 12.0 Å². The summed E-state index contributed by atoms with van der Waals surface area (Å²) in [5.74, 6) is -0.115. The Balaban J connectivity index is 3.20. The highest BCUT2D eigenvalue weighted by atomic mass is 19.1. The van der Waals surface area contributed by atoms with E-state index in [0.717, 1.165) is 6.07 Å². The number of aromatic hydroxyl groups is 1. The summed E-state index contributed by atoms with van der Waals surface area (Å²) in [6, 6.07) is 1.62. The van der Waals surface area contributed by atoms with Crippen molar-refractivity contribution < 1.29 is 13.9 Å². The van der Waals surface area contributed by atoms with Gasteiger partial charge < -0.3 is 5.11 Å². The summed E-state index contributed by atoms with van der Waals surface area (Å²) < 4.78 is 25.1. The van der Waals surface area contributed by atoms with Crippen molar-refractivity contribution in [1.29, 1.82) is 0 Å². The van der Waals surface area contributed by atoms with Gasteiger partial charge in [-0.15, -0.1) is 12.3 Å². The Labute approximate surface area is 68.7 Å². The Morgan fingerprint density at radius 3 is 2.67 bits per heavy atom. The minimum atomic E-state index is -0.986. The molecular formula is C9H6F2O. The van der Waals surface area contributed by atoms with Crippen LogP contribution >= 0.6 is 0 Å². The quantitative estimate of drug-likeness (QED) is 0.634. The molecule has 1 N–H and O–H groups in total. The number of phenols is 1. The van der Waals surface area contributed by atoms with Crippen molar-refractivity contribution in [2.75, 3.05) is 0 Å². The summed E-state index contributed by atoms with van der Waals surface area (Å²) in [7, 11) is 0. The molecule has 1 aromatic carbocycles. The monoisotopic (exact) mass is 168 g/mol. The Bertz CT molecular complexity index is 339. The van der Waals surface area contributed by atoms with Crippen LogP contribution in [0.2, 0.25) is 0 Å². The van der Waals surface area contributed by atoms with E-state index in [0.29, 0.717) is 6.07 Å². The molecule has 1 nitrogen and oxygen atoms in total. The molecule has 0 fully saturated rings. The van der Waals surface area contributed by atoms with Gasteiger partial charge >= 0.3 is 0 Å². The van der Waals surface area contributed by atoms with Crippen molar-refractivity contribution in [1.82, 2.24) is 0 Å². The molecule has 12 heavy (non-hydrogen) atoms. The lowest BCUT2D eigenvalue weighted by molar-refractivity contribution is 0.422. The predicted octanol–water partition coefficient (Wildman–Crippen LogP) is 1.85. The molecule has 0 heterocycles. The van der Waals surface area contributed by atoms with E-state index >= 15 is 0 Å². The smallest absolute Gasteiger partial charge is 0.168 e. The average Bonchev–Trinajstić information content (AvgIpc) is 2.00. The molecule has 0 amide bonds. The second-order valence-corrected chi connectivity index (χ2v) is 2.28. The summed E-state index contributed by atoms with van der Waals surface area (Å²) in [4.78, 5) is 0. The minimum absolute atomic E-state index is 0.0144. The largest absolute Gasteiger partial charge is 0.505 e. The molecule has 0 saturated heterocycles. The van der Waals surface area contributed by atoms with Gasteiger partial charge in [0.05, 0.1) is 0 Å². The zero-order valence-electron chi connectivity index (χ0n) is 6.14. The zero-order valence-corrected chi connectivity index (χ0v) is 6.14. The van der Waals surface area contributed by atoms with Crippen LogP contribution in [0.1, 0.15) is 5.56 Å². The number of rotatable bonds is 1. The second kappa shape index (κ2) is 3.22. The average molecular weight is 168 g/mol. The molecule has 0 spiro atoms. The molecule has 1 aromatic rings. The van der Waals surface area contributed by atoms with Crippen molar-refractivity contribution in [3.05, 3.63) is 29.3 Å². The highest BCUT2D eigenvalue weighted by Crippen LogP contribution is 2.22. The van der Waals surface area contributed by atoms with E-state index in [1.807, 2.05) is 0 Å². The van der Waals surface area contributed by atoms with Crippen molar-refractivity contribution in [2.24, 2.45) is 0 Å². The molecule has 0 unspecified atom stereocenters. The lowest BCUT2D eigenvalue weighted by Gasteiger charge is -2.01. The fraction of sp³-hybridized carbons (Fsp3) is 0.111. The van der Waals surface area contributed by atoms with Gasteiger partial charge in [-0.3, -0.25) is 0 Å². The lowest BCUT2D eigenvalue weighted by Crippen LogP contribution is -1.89. The molecule has 3 heteroatoms. The molecule has 0 aliphatic heterocycles. The number of hydrogen-bond donors (Lipinski definition) is 1. The molecule has 1 rings (SSSR count). The molecular weight excluding hydrogens is 162 g/mol. The fourth-order valence-corrected chi connectivity index (χ4v) is 0.864. The first kappa shape index (κ1) is 8.54. The second-order valence-electron chi connectivity index (χ2n) is 2.28. The zero-order chi connectivity index (χ0) is 9.14. The van der Waals surface area contributed by atoms with E-state index in [9.17, 15) is 8.78 Å². The minimum Gasteiger partial charge on any atom is -0.505 e. The highest BCUT2D eigenvalue weighted by molar-refractivity contribution is 5.36. The van der Waals surface area contributed by atoms with Gasteiger partial charge in [-0.05, 0) is 6.07 Å². The lowest BCUT2D eigenvalue weighted by atomic mass is 10.1. The summed E-state index contributed by atoms with van der Waals surface area (Å²) in [5.41, 5.74) is 0.0926. The third kappa shape index (κ3) is 1.54. The first-order valence-corrected chi connectivity index (χ1v) is 3.25. The van der Waals surface area contributed by atoms with E-state index in [4.69, 9.17) is 11.5 Å². The van der Waals surface area contributed by atoms with Gasteiger partial charge in [0.1, 0.15) is 5.82 Å². The third-order valence-electron chi connectivity index (χ3n) is 1.40. The maximum Gasteiger partial charge on any atom is 0.168 e. The van der Waals surface area contributed by atoms with Crippen LogP contribution in [0.4, 0.5) is 8.78 Å². The first-order chi connectivity index (χ1) is 5.65. The summed E-state index contributed by atoms with van der Waals surface area (Å²) in [6.45, 7) is 0. The summed E-state index contributed by atoms with van der Waals surface area (Å²) in [5, 5.41) is 9.02. The van der Waals surface area contributed by atoms with Crippen LogP contribution in [0.5, 0.6) is 5.75 Å². The topological polar surface area (TPSA) is 20.2 Å². The van der Waals surface area contributed by atoms with Gasteiger partial charge in [-0.1, -0.05) is 0 Å². The SMILES string of the molecule is C#CCc1cc(F)cc(F)c1O. The van der Waals surface area contributed by atoms with Gasteiger partial charge in [0.25, 0.3) is 0 Å². The van der Waals surface area contributed by atoms with Crippen molar-refractivity contribution in [3.63, 3.8) is 0 Å². The molecule has 62 valence electrons. The van der Waals surface area contributed by atoms with Crippen molar-refractivity contribution in [2.45, 2.75) is 6.42 Å². The summed E-state index contributed by atoms with van der Waals surface area (Å²) >= 11 is 0. The number of hydrogen-bond acceptors (Lipinski definition) is 1. The van der Waals surface area contributed by atoms with E-state index < -0.39 is 17.4 Å². The van der Waals surface area contributed by atoms with E-state index in [1.54, 1.807) is 0 Å². The van der Waals surface area contributed by atoms with Crippen molar-refractivity contribution >= 4 is 0 Å². The van der Waals surface area contributed by atoms with E-state index in [2.05, 4.69) is 5.92 Å². The molecule has 0 aliphatic rings. The first-order valence-electron chi connectivity index (χ1n) is 3.25. The fourth-order valence-electron chi connectivity index (χ4n) is 0.864. The highest BCUT2D eigenvalue weighted by Gasteiger charge is 2.08. The maximum atomic E-state index is 12.6. The molecule has 0 bridgehead atoms. The van der Waals surface area contributed by atoms with Crippen LogP contribution in [-0.2, 0) is 6.42 Å². The Hall–Kier alpha value is -1.56. The van der Waals surface area contributed by atoms with Crippen LogP contribution in [0.15, 0.2) is 12.1 Å².